The van der Waals surface area contributed by atoms with E-state index in [1.807, 2.05) is 0 Å². The van der Waals surface area contributed by atoms with Gasteiger partial charge in [0, 0.05) is 25.8 Å². The number of hydrogen-bond acceptors (Lipinski definition) is 4. The molecule has 1 saturated heterocycles. The van der Waals surface area contributed by atoms with Crippen LogP contribution in [0.25, 0.3) is 0 Å². The molecular weight excluding hydrogens is 238 g/mol. The molecule has 0 N–H and O–H groups in total. The molecule has 0 radical (unpaired) electrons. The summed E-state index contributed by atoms with van der Waals surface area (Å²) in [5, 5.41) is 0.165. The maximum Gasteiger partial charge on any atom is 0.410 e. The minimum Gasteiger partial charge on any atom is -0.445 e. The largest absolute Gasteiger partial charge is 0.445 e. The lowest BCUT2D eigenvalue weighted by molar-refractivity contribution is -0.109. The Bertz CT molecular complexity index is 285. The normalized spacial score (nSPS) is 16.6. The van der Waals surface area contributed by atoms with Crippen molar-refractivity contribution in [3.63, 3.8) is 0 Å². The van der Waals surface area contributed by atoms with E-state index >= 15 is 0 Å². The number of ether oxygens (including phenoxy) is 1. The molecule has 0 aliphatic carbocycles. The lowest BCUT2D eigenvalue weighted by atomic mass is 9.99. The Kier molecular flexibility index (Phi) is 6.11. The van der Waals surface area contributed by atoms with Crippen molar-refractivity contribution >= 4 is 23.0 Å². The van der Waals surface area contributed by atoms with E-state index < -0.39 is 0 Å². The van der Waals surface area contributed by atoms with Crippen molar-refractivity contribution in [2.45, 2.75) is 19.8 Å². The van der Waals surface area contributed by atoms with Crippen LogP contribution >= 0.6 is 11.8 Å². The summed E-state index contributed by atoms with van der Waals surface area (Å²) in [7, 11) is 0. The van der Waals surface area contributed by atoms with Gasteiger partial charge in [-0.1, -0.05) is 24.4 Å². The summed E-state index contributed by atoms with van der Waals surface area (Å²) in [5.41, 5.74) is 0. The molecule has 0 unspecified atom stereocenters. The van der Waals surface area contributed by atoms with E-state index in [2.05, 4.69) is 6.58 Å². The maximum atomic E-state index is 11.5. The molecule has 0 saturated carbocycles. The van der Waals surface area contributed by atoms with Crippen LogP contribution in [0.3, 0.4) is 0 Å². The highest BCUT2D eigenvalue weighted by Crippen LogP contribution is 2.22. The van der Waals surface area contributed by atoms with Gasteiger partial charge in [0.2, 0.25) is 0 Å². The minimum absolute atomic E-state index is 0.165. The molecule has 5 heteroatoms. The zero-order valence-electron chi connectivity index (χ0n) is 10.2. The topological polar surface area (TPSA) is 46.6 Å². The monoisotopic (exact) mass is 257 g/mol. The van der Waals surface area contributed by atoms with Crippen LogP contribution in [0.1, 0.15) is 19.8 Å². The van der Waals surface area contributed by atoms with Crippen LogP contribution in [-0.4, -0.2) is 41.6 Å². The van der Waals surface area contributed by atoms with Gasteiger partial charge in [-0.2, -0.15) is 0 Å². The standard InChI is InChI=1S/C12H19NO3S/c1-3-8-16-12(15)13-6-4-11(5-7-13)9-17-10(2)14/h3,11H,1,4-9H2,2H3. The van der Waals surface area contributed by atoms with Gasteiger partial charge in [0.25, 0.3) is 0 Å². The Hall–Kier alpha value is -0.970. The lowest BCUT2D eigenvalue weighted by Crippen LogP contribution is -2.39. The summed E-state index contributed by atoms with van der Waals surface area (Å²) in [4.78, 5) is 24.1. The highest BCUT2D eigenvalue weighted by atomic mass is 32.2. The van der Waals surface area contributed by atoms with Crippen LogP contribution in [0.2, 0.25) is 0 Å². The van der Waals surface area contributed by atoms with Gasteiger partial charge in [-0.15, -0.1) is 0 Å². The highest BCUT2D eigenvalue weighted by molar-refractivity contribution is 8.13. The molecule has 1 fully saturated rings. The predicted octanol–water partition coefficient (Wildman–Crippen LogP) is 2.30. The molecule has 4 nitrogen and oxygen atoms in total. The summed E-state index contributed by atoms with van der Waals surface area (Å²) in [6.45, 7) is 6.80. The third-order valence-corrected chi connectivity index (χ3v) is 3.76. The van der Waals surface area contributed by atoms with Crippen molar-refractivity contribution in [3.05, 3.63) is 12.7 Å². The fourth-order valence-corrected chi connectivity index (χ4v) is 2.54. The number of carbonyl (C=O) groups is 2. The Labute approximate surface area is 106 Å². The van der Waals surface area contributed by atoms with E-state index in [1.165, 1.54) is 11.8 Å². The number of carbonyl (C=O) groups excluding carboxylic acids is 2. The average Bonchev–Trinajstić information content (AvgIpc) is 2.34. The zero-order valence-corrected chi connectivity index (χ0v) is 11.0. The second-order valence-corrected chi connectivity index (χ2v) is 5.30. The number of hydrogen-bond donors (Lipinski definition) is 0. The molecule has 0 aromatic carbocycles. The molecule has 1 aliphatic heterocycles. The molecule has 0 aromatic heterocycles. The Morgan fingerprint density at radius 1 is 1.47 bits per heavy atom. The first kappa shape index (κ1) is 14.1. The van der Waals surface area contributed by atoms with Crippen molar-refractivity contribution in [1.29, 1.82) is 0 Å². The number of amides is 1. The van der Waals surface area contributed by atoms with Crippen LogP contribution in [-0.2, 0) is 9.53 Å². The zero-order chi connectivity index (χ0) is 12.7. The number of nitrogens with zero attached hydrogens (tertiary/aromatic N) is 1. The Balaban J connectivity index is 2.23. The molecule has 1 aliphatic rings. The van der Waals surface area contributed by atoms with Crippen molar-refractivity contribution in [1.82, 2.24) is 4.90 Å². The first-order chi connectivity index (χ1) is 8.13. The van der Waals surface area contributed by atoms with Gasteiger partial charge in [0.1, 0.15) is 6.61 Å². The summed E-state index contributed by atoms with van der Waals surface area (Å²) >= 11 is 1.37. The molecule has 1 rings (SSSR count). The number of likely N-dealkylation sites (tertiary alicyclic amines) is 1. The molecule has 1 amide bonds. The van der Waals surface area contributed by atoms with Crippen molar-refractivity contribution in [2.75, 3.05) is 25.4 Å². The third kappa shape index (κ3) is 5.26. The lowest BCUT2D eigenvalue weighted by Gasteiger charge is -2.30. The van der Waals surface area contributed by atoms with Gasteiger partial charge in [-0.05, 0) is 18.8 Å². The maximum absolute atomic E-state index is 11.5. The number of piperidine rings is 1. The van der Waals surface area contributed by atoms with E-state index in [0.717, 1.165) is 31.7 Å². The van der Waals surface area contributed by atoms with Crippen molar-refractivity contribution in [2.24, 2.45) is 5.92 Å². The second kappa shape index (κ2) is 7.37. The van der Waals surface area contributed by atoms with Gasteiger partial charge in [-0.3, -0.25) is 4.79 Å². The Morgan fingerprint density at radius 3 is 2.65 bits per heavy atom. The van der Waals surface area contributed by atoms with Crippen LogP contribution in [0.4, 0.5) is 4.79 Å². The average molecular weight is 257 g/mol. The number of rotatable bonds is 4. The second-order valence-electron chi connectivity index (χ2n) is 4.10. The smallest absolute Gasteiger partial charge is 0.410 e. The quantitative estimate of drug-likeness (QED) is 0.725. The SMILES string of the molecule is C=CCOC(=O)N1CCC(CSC(C)=O)CC1. The molecule has 96 valence electrons. The summed E-state index contributed by atoms with van der Waals surface area (Å²) in [6, 6.07) is 0. The fraction of sp³-hybridized carbons (Fsp3) is 0.667. The van der Waals surface area contributed by atoms with E-state index in [4.69, 9.17) is 4.74 Å². The summed E-state index contributed by atoms with van der Waals surface area (Å²) in [6.07, 6.45) is 3.20. The third-order valence-electron chi connectivity index (χ3n) is 2.72. The van der Waals surface area contributed by atoms with E-state index in [0.29, 0.717) is 5.92 Å². The van der Waals surface area contributed by atoms with Gasteiger partial charge in [0.15, 0.2) is 5.12 Å². The van der Waals surface area contributed by atoms with Crippen LogP contribution in [0.5, 0.6) is 0 Å². The molecule has 0 bridgehead atoms. The fourth-order valence-electron chi connectivity index (χ4n) is 1.74. The molecule has 1 heterocycles. The molecular formula is C12H19NO3S. The predicted molar refractivity (Wildman–Crippen MR) is 69.0 cm³/mol. The summed E-state index contributed by atoms with van der Waals surface area (Å²) in [5.74, 6) is 1.40. The molecule has 0 atom stereocenters. The minimum atomic E-state index is -0.262. The Morgan fingerprint density at radius 2 is 2.12 bits per heavy atom. The van der Waals surface area contributed by atoms with E-state index in [-0.39, 0.29) is 17.8 Å². The molecule has 0 spiro atoms. The molecule has 0 aromatic rings. The van der Waals surface area contributed by atoms with Crippen molar-refractivity contribution in [3.8, 4) is 0 Å². The number of thioether (sulfide) groups is 1. The first-order valence-electron chi connectivity index (χ1n) is 5.79. The summed E-state index contributed by atoms with van der Waals surface area (Å²) < 4.78 is 4.97. The van der Waals surface area contributed by atoms with E-state index in [1.54, 1.807) is 17.9 Å². The first-order valence-corrected chi connectivity index (χ1v) is 6.78. The van der Waals surface area contributed by atoms with Crippen molar-refractivity contribution < 1.29 is 14.3 Å². The highest BCUT2D eigenvalue weighted by Gasteiger charge is 2.23. The van der Waals surface area contributed by atoms with Gasteiger partial charge in [-0.25, -0.2) is 4.79 Å². The van der Waals surface area contributed by atoms with E-state index in [9.17, 15) is 9.59 Å². The van der Waals surface area contributed by atoms with Crippen LogP contribution in [0.15, 0.2) is 12.7 Å². The van der Waals surface area contributed by atoms with Gasteiger partial charge in [0.05, 0.1) is 0 Å². The van der Waals surface area contributed by atoms with Gasteiger partial charge >= 0.3 is 6.09 Å². The molecule has 17 heavy (non-hydrogen) atoms. The van der Waals surface area contributed by atoms with Gasteiger partial charge < -0.3 is 9.64 Å². The van der Waals surface area contributed by atoms with Crippen LogP contribution in [0, 0.1) is 5.92 Å². The van der Waals surface area contributed by atoms with Crippen LogP contribution < -0.4 is 0 Å².